The summed E-state index contributed by atoms with van der Waals surface area (Å²) in [5, 5.41) is 2.81. The highest BCUT2D eigenvalue weighted by Crippen LogP contribution is 2.23. The van der Waals surface area contributed by atoms with E-state index in [9.17, 15) is 17.6 Å². The fraction of sp³-hybridized carbons (Fsp3) is 0.615. The molecule has 210 valence electrons. The molecule has 1 aromatic carbocycles. The molecule has 10 nitrogen and oxygen atoms in total. The number of nitrogens with zero attached hydrogens (tertiary/aromatic N) is 4. The van der Waals surface area contributed by atoms with Crippen LogP contribution in [0, 0.1) is 5.82 Å². The number of rotatable bonds is 11. The predicted molar refractivity (Wildman–Crippen MR) is 140 cm³/mol. The first-order valence-corrected chi connectivity index (χ1v) is 14.9. The molecular weight excluding hydrogens is 513 g/mol. The minimum Gasteiger partial charge on any atom is -0.379 e. The van der Waals surface area contributed by atoms with E-state index in [0.717, 1.165) is 25.9 Å². The van der Waals surface area contributed by atoms with Crippen molar-refractivity contribution in [3.05, 3.63) is 47.5 Å². The molecule has 4 rings (SSSR count). The summed E-state index contributed by atoms with van der Waals surface area (Å²) in [6.07, 6.45) is 3.05. The van der Waals surface area contributed by atoms with Gasteiger partial charge in [-0.25, -0.2) is 22.6 Å². The van der Waals surface area contributed by atoms with Crippen molar-refractivity contribution < 1.29 is 27.1 Å². The highest BCUT2D eigenvalue weighted by molar-refractivity contribution is 7.90. The number of halogens is 1. The first kappa shape index (κ1) is 28.5. The number of ether oxygens (including phenoxy) is 2. The molecule has 3 heterocycles. The number of carbonyl (C=O) groups excluding carboxylic acids is 1. The zero-order valence-electron chi connectivity index (χ0n) is 22.1. The number of benzene rings is 1. The van der Waals surface area contributed by atoms with Gasteiger partial charge < -0.3 is 24.3 Å². The molecule has 0 spiro atoms. The number of aromatic nitrogens is 2. The third-order valence-electron chi connectivity index (χ3n) is 6.74. The Morgan fingerprint density at radius 2 is 2.00 bits per heavy atom. The van der Waals surface area contributed by atoms with Crippen molar-refractivity contribution in [3.8, 4) is 0 Å². The molecule has 0 bridgehead atoms. The molecule has 2 amide bonds. The topological polar surface area (TPSA) is 106 Å². The number of hydrogen-bond acceptors (Lipinski definition) is 7. The van der Waals surface area contributed by atoms with Crippen molar-refractivity contribution in [3.63, 3.8) is 0 Å². The first-order chi connectivity index (χ1) is 18.2. The number of morpholine rings is 1. The zero-order chi connectivity index (χ0) is 27.1. The fourth-order valence-corrected chi connectivity index (χ4v) is 6.22. The summed E-state index contributed by atoms with van der Waals surface area (Å²) in [4.78, 5) is 21.3. The van der Waals surface area contributed by atoms with Crippen LogP contribution in [-0.2, 0) is 38.2 Å². The van der Waals surface area contributed by atoms with Gasteiger partial charge in [-0.2, -0.15) is 0 Å². The fourth-order valence-electron chi connectivity index (χ4n) is 4.71. The summed E-state index contributed by atoms with van der Waals surface area (Å²) < 4.78 is 54.1. The summed E-state index contributed by atoms with van der Waals surface area (Å²) in [7, 11) is -3.98. The monoisotopic (exact) mass is 551 g/mol. The Hall–Kier alpha value is -2.54. The number of amides is 2. The minimum absolute atomic E-state index is 0.0538. The summed E-state index contributed by atoms with van der Waals surface area (Å²) in [5.41, 5.74) is 0.678. The van der Waals surface area contributed by atoms with Crippen molar-refractivity contribution in [2.45, 2.75) is 62.8 Å². The quantitative estimate of drug-likeness (QED) is 0.457. The molecule has 2 aromatic rings. The highest BCUT2D eigenvalue weighted by atomic mass is 32.2. The second-order valence-electron chi connectivity index (χ2n) is 10.1. The number of sulfone groups is 1. The molecule has 2 aliphatic heterocycles. The normalized spacial score (nSPS) is 18.7. The van der Waals surface area contributed by atoms with Gasteiger partial charge in [-0.15, -0.1) is 0 Å². The van der Waals surface area contributed by atoms with Crippen LogP contribution in [0.5, 0.6) is 0 Å². The van der Waals surface area contributed by atoms with Gasteiger partial charge >= 0.3 is 6.03 Å². The summed E-state index contributed by atoms with van der Waals surface area (Å²) in [5.74, 6) is -1.08. The minimum atomic E-state index is -3.98. The third kappa shape index (κ3) is 7.52. The molecule has 2 fully saturated rings. The number of hydrogen-bond donors (Lipinski definition) is 1. The Balaban J connectivity index is 1.60. The van der Waals surface area contributed by atoms with Crippen molar-refractivity contribution in [2.75, 3.05) is 46.0 Å². The van der Waals surface area contributed by atoms with E-state index in [0.29, 0.717) is 45.1 Å². The standard InChI is InChI=1S/C26H38FN5O5S/c1-20(2)29-25(33)31(10-9-30-11-14-36-15-12-30)17-22-16-28-26(32(22)18-23-7-5-13-37-23)38(34,35)19-21-6-3-4-8-24(21)27/h3-4,6,8,16,20,23H,5,7,9-15,17-19H2,1-2H3,(H,29,33)/t23-/m1/s1. The maximum Gasteiger partial charge on any atom is 0.317 e. The van der Waals surface area contributed by atoms with E-state index in [2.05, 4.69) is 15.2 Å². The molecule has 12 heteroatoms. The molecule has 2 saturated heterocycles. The van der Waals surface area contributed by atoms with Gasteiger partial charge in [0.2, 0.25) is 15.0 Å². The lowest BCUT2D eigenvalue weighted by atomic mass is 10.2. The van der Waals surface area contributed by atoms with Crippen LogP contribution < -0.4 is 5.32 Å². The Bertz CT molecular complexity index is 1180. The van der Waals surface area contributed by atoms with Crippen LogP contribution in [0.4, 0.5) is 9.18 Å². The van der Waals surface area contributed by atoms with Gasteiger partial charge in [0.15, 0.2) is 0 Å². The highest BCUT2D eigenvalue weighted by Gasteiger charge is 2.29. The van der Waals surface area contributed by atoms with E-state index in [1.54, 1.807) is 15.5 Å². The van der Waals surface area contributed by atoms with Crippen molar-refractivity contribution in [1.29, 1.82) is 0 Å². The molecule has 1 N–H and O–H groups in total. The second kappa shape index (κ2) is 13.0. The Labute approximate surface area is 224 Å². The van der Waals surface area contributed by atoms with Crippen LogP contribution in [0.25, 0.3) is 0 Å². The van der Waals surface area contributed by atoms with Gasteiger partial charge in [-0.1, -0.05) is 18.2 Å². The maximum atomic E-state index is 14.3. The van der Waals surface area contributed by atoms with Gasteiger partial charge in [-0.3, -0.25) is 4.90 Å². The summed E-state index contributed by atoms with van der Waals surface area (Å²) >= 11 is 0. The first-order valence-electron chi connectivity index (χ1n) is 13.2. The predicted octanol–water partition coefficient (Wildman–Crippen LogP) is 2.43. The molecule has 2 aliphatic rings. The molecular formula is C26H38FN5O5S. The maximum absolute atomic E-state index is 14.3. The lowest BCUT2D eigenvalue weighted by Crippen LogP contribution is -2.47. The molecule has 38 heavy (non-hydrogen) atoms. The average molecular weight is 552 g/mol. The summed E-state index contributed by atoms with van der Waals surface area (Å²) in [6, 6.07) is 5.56. The van der Waals surface area contributed by atoms with Crippen LogP contribution in [-0.4, -0.2) is 91.9 Å². The van der Waals surface area contributed by atoms with Gasteiger partial charge in [0, 0.05) is 44.4 Å². The molecule has 0 unspecified atom stereocenters. The van der Waals surface area contributed by atoms with Crippen LogP contribution in [0.3, 0.4) is 0 Å². The van der Waals surface area contributed by atoms with E-state index in [1.807, 2.05) is 13.8 Å². The Kier molecular flexibility index (Phi) is 9.74. The lowest BCUT2D eigenvalue weighted by Gasteiger charge is -2.31. The van der Waals surface area contributed by atoms with Crippen LogP contribution in [0.1, 0.15) is 37.9 Å². The van der Waals surface area contributed by atoms with E-state index in [1.165, 1.54) is 24.4 Å². The SMILES string of the molecule is CC(C)NC(=O)N(CCN1CCOCC1)Cc1cnc(S(=O)(=O)Cc2ccccc2F)n1C[C@H]1CCCO1. The number of urea groups is 1. The van der Waals surface area contributed by atoms with E-state index < -0.39 is 21.4 Å². The second-order valence-corrected chi connectivity index (χ2v) is 12.0. The van der Waals surface area contributed by atoms with Gasteiger partial charge in [-0.05, 0) is 32.8 Å². The largest absolute Gasteiger partial charge is 0.379 e. The van der Waals surface area contributed by atoms with Crippen molar-refractivity contribution >= 4 is 15.9 Å². The molecule has 0 saturated carbocycles. The van der Waals surface area contributed by atoms with E-state index in [-0.39, 0.29) is 35.4 Å². The number of nitrogens with one attached hydrogen (secondary N) is 1. The molecule has 1 aromatic heterocycles. The molecule has 0 radical (unpaired) electrons. The van der Waals surface area contributed by atoms with Crippen LogP contribution >= 0.6 is 0 Å². The number of imidazole rings is 1. The summed E-state index contributed by atoms with van der Waals surface area (Å²) in [6.45, 7) is 8.94. The van der Waals surface area contributed by atoms with Crippen molar-refractivity contribution in [2.24, 2.45) is 0 Å². The van der Waals surface area contributed by atoms with E-state index >= 15 is 0 Å². The van der Waals surface area contributed by atoms with Gasteiger partial charge in [0.05, 0.1) is 50.1 Å². The Morgan fingerprint density at radius 3 is 2.68 bits per heavy atom. The van der Waals surface area contributed by atoms with Gasteiger partial charge in [0.25, 0.3) is 0 Å². The molecule has 0 aliphatic carbocycles. The van der Waals surface area contributed by atoms with Gasteiger partial charge in [0.1, 0.15) is 5.82 Å². The third-order valence-corrected chi connectivity index (χ3v) is 8.31. The van der Waals surface area contributed by atoms with Crippen LogP contribution in [0.15, 0.2) is 35.6 Å². The smallest absolute Gasteiger partial charge is 0.317 e. The number of carbonyl (C=O) groups is 1. The lowest BCUT2D eigenvalue weighted by molar-refractivity contribution is 0.0345. The molecule has 1 atom stereocenters. The zero-order valence-corrected chi connectivity index (χ0v) is 23.0. The Morgan fingerprint density at radius 1 is 1.24 bits per heavy atom. The van der Waals surface area contributed by atoms with Crippen molar-refractivity contribution in [1.82, 2.24) is 24.7 Å². The average Bonchev–Trinajstić information content (AvgIpc) is 3.54. The van der Waals surface area contributed by atoms with Crippen LogP contribution in [0.2, 0.25) is 0 Å². The van der Waals surface area contributed by atoms with E-state index in [4.69, 9.17) is 9.47 Å².